The van der Waals surface area contributed by atoms with Gasteiger partial charge in [-0.15, -0.1) is 0 Å². The number of alkyl halides is 3. The van der Waals surface area contributed by atoms with Crippen molar-refractivity contribution in [2.75, 3.05) is 18.6 Å². The molecular weight excluding hydrogens is 371 g/mol. The fourth-order valence-electron chi connectivity index (χ4n) is 3.08. The maximum Gasteiger partial charge on any atom is 0.423 e. The second-order valence-corrected chi connectivity index (χ2v) is 6.82. The van der Waals surface area contributed by atoms with Gasteiger partial charge in [-0.3, -0.25) is 0 Å². The Morgan fingerprint density at radius 3 is 2.64 bits per heavy atom. The zero-order valence-corrected chi connectivity index (χ0v) is 16.0. The van der Waals surface area contributed by atoms with E-state index in [2.05, 4.69) is 9.97 Å². The van der Waals surface area contributed by atoms with Crippen molar-refractivity contribution in [3.8, 4) is 11.6 Å². The molecule has 0 amide bonds. The van der Waals surface area contributed by atoms with E-state index in [1.165, 1.54) is 0 Å². The number of aromatic nitrogens is 2. The van der Waals surface area contributed by atoms with Gasteiger partial charge in [0.1, 0.15) is 17.4 Å². The average molecular weight is 395 g/mol. The summed E-state index contributed by atoms with van der Waals surface area (Å²) in [6.07, 6.45) is 0.249. The van der Waals surface area contributed by atoms with Gasteiger partial charge in [-0.2, -0.15) is 18.2 Å². The number of anilines is 2. The molecule has 0 spiro atoms. The smallest absolute Gasteiger partial charge is 0.423 e. The van der Waals surface area contributed by atoms with Gasteiger partial charge in [0.25, 0.3) is 0 Å². The first-order chi connectivity index (χ1) is 13.4. The first-order valence-electron chi connectivity index (χ1n) is 9.46. The molecule has 1 saturated carbocycles. The molecule has 1 aliphatic carbocycles. The highest BCUT2D eigenvalue weighted by Crippen LogP contribution is 2.37. The van der Waals surface area contributed by atoms with Crippen LogP contribution in [0.3, 0.4) is 0 Å². The van der Waals surface area contributed by atoms with E-state index >= 15 is 0 Å². The molecule has 0 N–H and O–H groups in total. The van der Waals surface area contributed by atoms with E-state index in [0.717, 1.165) is 38.3 Å². The van der Waals surface area contributed by atoms with Crippen LogP contribution in [-0.2, 0) is 6.18 Å². The molecule has 152 valence electrons. The van der Waals surface area contributed by atoms with E-state index in [0.29, 0.717) is 18.0 Å². The standard InChI is InChI=1S/C20H24F3N3O2/c1-3-11-27-16-10-6-7-14(12-16)26(2)19-24-13-17(20(21,22)23)18(25-19)28-15-8-4-5-9-15/h6-7,10,12-13,15H,3-5,8-9,11H2,1-2H3. The summed E-state index contributed by atoms with van der Waals surface area (Å²) in [5, 5.41) is 0. The lowest BCUT2D eigenvalue weighted by Crippen LogP contribution is -2.20. The van der Waals surface area contributed by atoms with E-state index in [1.807, 2.05) is 25.1 Å². The van der Waals surface area contributed by atoms with E-state index in [9.17, 15) is 13.2 Å². The SMILES string of the molecule is CCCOc1cccc(N(C)c2ncc(C(F)(F)F)c(OC3CCCC3)n2)c1. The largest absolute Gasteiger partial charge is 0.494 e. The van der Waals surface area contributed by atoms with Crippen LogP contribution in [0.2, 0.25) is 0 Å². The lowest BCUT2D eigenvalue weighted by Gasteiger charge is -2.21. The Labute approximate surface area is 162 Å². The molecule has 1 aromatic heterocycles. The predicted molar refractivity (Wildman–Crippen MR) is 100 cm³/mol. The molecule has 0 atom stereocenters. The molecule has 1 aromatic carbocycles. The van der Waals surface area contributed by atoms with Crippen molar-refractivity contribution >= 4 is 11.6 Å². The number of rotatable bonds is 7. The molecule has 5 nitrogen and oxygen atoms in total. The Morgan fingerprint density at radius 2 is 1.96 bits per heavy atom. The molecule has 2 aromatic rings. The zero-order valence-electron chi connectivity index (χ0n) is 16.0. The zero-order chi connectivity index (χ0) is 20.1. The van der Waals surface area contributed by atoms with Crippen molar-refractivity contribution in [2.45, 2.75) is 51.3 Å². The highest BCUT2D eigenvalue weighted by Gasteiger charge is 2.37. The van der Waals surface area contributed by atoms with Gasteiger partial charge in [-0.1, -0.05) is 13.0 Å². The van der Waals surface area contributed by atoms with E-state index < -0.39 is 17.6 Å². The molecule has 8 heteroatoms. The van der Waals surface area contributed by atoms with Crippen LogP contribution in [0, 0.1) is 0 Å². The monoisotopic (exact) mass is 395 g/mol. The van der Waals surface area contributed by atoms with Gasteiger partial charge in [-0.25, -0.2) is 4.98 Å². The third-order valence-corrected chi connectivity index (χ3v) is 4.60. The van der Waals surface area contributed by atoms with Crippen molar-refractivity contribution in [1.29, 1.82) is 0 Å². The number of halogens is 3. The van der Waals surface area contributed by atoms with Crippen molar-refractivity contribution in [3.05, 3.63) is 36.0 Å². The fraction of sp³-hybridized carbons (Fsp3) is 0.500. The Bertz CT molecular complexity index is 793. The van der Waals surface area contributed by atoms with E-state index in [-0.39, 0.29) is 12.1 Å². The molecule has 1 fully saturated rings. The summed E-state index contributed by atoms with van der Waals surface area (Å²) in [5.74, 6) is 0.406. The molecule has 3 rings (SSSR count). The van der Waals surface area contributed by atoms with Crippen molar-refractivity contribution < 1.29 is 22.6 Å². The first-order valence-corrected chi connectivity index (χ1v) is 9.46. The van der Waals surface area contributed by atoms with Crippen LogP contribution in [0.4, 0.5) is 24.8 Å². The molecule has 28 heavy (non-hydrogen) atoms. The number of hydrogen-bond donors (Lipinski definition) is 0. The molecule has 0 saturated heterocycles. The molecular formula is C20H24F3N3O2. The van der Waals surface area contributed by atoms with E-state index in [4.69, 9.17) is 9.47 Å². The first kappa shape index (κ1) is 20.2. The number of nitrogens with zero attached hydrogens (tertiary/aromatic N) is 3. The normalized spacial score (nSPS) is 14.9. The minimum Gasteiger partial charge on any atom is -0.494 e. The quantitative estimate of drug-likeness (QED) is 0.630. The lowest BCUT2D eigenvalue weighted by atomic mass is 10.2. The molecule has 0 unspecified atom stereocenters. The van der Waals surface area contributed by atoms with Crippen LogP contribution in [-0.4, -0.2) is 29.7 Å². The van der Waals surface area contributed by atoms with Gasteiger partial charge < -0.3 is 14.4 Å². The van der Waals surface area contributed by atoms with E-state index in [1.54, 1.807) is 18.0 Å². The van der Waals surface area contributed by atoms with Crippen molar-refractivity contribution in [1.82, 2.24) is 9.97 Å². The molecule has 1 aliphatic rings. The van der Waals surface area contributed by atoms with Gasteiger partial charge >= 0.3 is 6.18 Å². The Balaban J connectivity index is 1.88. The summed E-state index contributed by atoms with van der Waals surface area (Å²) in [4.78, 5) is 9.64. The summed E-state index contributed by atoms with van der Waals surface area (Å²) in [6.45, 7) is 2.60. The van der Waals surface area contributed by atoms with Gasteiger partial charge in [0, 0.05) is 25.0 Å². The predicted octanol–water partition coefficient (Wildman–Crippen LogP) is 5.37. The Morgan fingerprint density at radius 1 is 1.21 bits per heavy atom. The lowest BCUT2D eigenvalue weighted by molar-refractivity contribution is -0.139. The van der Waals surface area contributed by atoms with Crippen LogP contribution >= 0.6 is 0 Å². The second kappa shape index (κ2) is 8.67. The Kier molecular flexibility index (Phi) is 6.26. The molecule has 1 heterocycles. The second-order valence-electron chi connectivity index (χ2n) is 6.82. The van der Waals surface area contributed by atoms with Crippen LogP contribution in [0.25, 0.3) is 0 Å². The van der Waals surface area contributed by atoms with Gasteiger partial charge in [0.15, 0.2) is 0 Å². The van der Waals surface area contributed by atoms with Gasteiger partial charge in [0.05, 0.1) is 6.61 Å². The topological polar surface area (TPSA) is 47.5 Å². The van der Waals surface area contributed by atoms with Gasteiger partial charge in [-0.05, 0) is 44.2 Å². The average Bonchev–Trinajstić information content (AvgIpc) is 3.18. The number of benzene rings is 1. The molecule has 0 aliphatic heterocycles. The summed E-state index contributed by atoms with van der Waals surface area (Å²) in [7, 11) is 1.70. The van der Waals surface area contributed by atoms with Crippen LogP contribution in [0.1, 0.15) is 44.6 Å². The van der Waals surface area contributed by atoms with Gasteiger partial charge in [0.2, 0.25) is 11.8 Å². The number of hydrogen-bond acceptors (Lipinski definition) is 5. The fourth-order valence-corrected chi connectivity index (χ4v) is 3.08. The summed E-state index contributed by atoms with van der Waals surface area (Å²) >= 11 is 0. The van der Waals surface area contributed by atoms with Crippen molar-refractivity contribution in [2.24, 2.45) is 0 Å². The van der Waals surface area contributed by atoms with Crippen LogP contribution in [0.5, 0.6) is 11.6 Å². The van der Waals surface area contributed by atoms with Crippen LogP contribution < -0.4 is 14.4 Å². The third kappa shape index (κ3) is 4.85. The molecule has 0 bridgehead atoms. The highest BCUT2D eigenvalue weighted by molar-refractivity contribution is 5.59. The third-order valence-electron chi connectivity index (χ3n) is 4.60. The summed E-state index contributed by atoms with van der Waals surface area (Å²) < 4.78 is 51.3. The van der Waals surface area contributed by atoms with Crippen LogP contribution in [0.15, 0.2) is 30.5 Å². The summed E-state index contributed by atoms with van der Waals surface area (Å²) in [6, 6.07) is 7.26. The highest BCUT2D eigenvalue weighted by atomic mass is 19.4. The minimum atomic E-state index is -4.57. The minimum absolute atomic E-state index is 0.133. The Hall–Kier alpha value is -2.51. The summed E-state index contributed by atoms with van der Waals surface area (Å²) in [5.41, 5.74) is -0.239. The maximum absolute atomic E-state index is 13.4. The molecule has 0 radical (unpaired) electrons. The maximum atomic E-state index is 13.4. The number of ether oxygens (including phenoxy) is 2. The van der Waals surface area contributed by atoms with Crippen molar-refractivity contribution in [3.63, 3.8) is 0 Å².